The van der Waals surface area contributed by atoms with Crippen LogP contribution in [0.3, 0.4) is 0 Å². The van der Waals surface area contributed by atoms with Gasteiger partial charge in [-0.1, -0.05) is 0 Å². The van der Waals surface area contributed by atoms with Crippen LogP contribution in [0.25, 0.3) is 0 Å². The number of piperazine rings is 1. The van der Waals surface area contributed by atoms with Crippen LogP contribution < -0.4 is 10.2 Å². The van der Waals surface area contributed by atoms with Crippen molar-refractivity contribution in [3.8, 4) is 0 Å². The first kappa shape index (κ1) is 17.5. The molecule has 7 heteroatoms. The molecule has 1 atom stereocenters. The Morgan fingerprint density at radius 3 is 3.00 bits per heavy atom. The van der Waals surface area contributed by atoms with Crippen molar-refractivity contribution < 1.29 is 9.52 Å². The average Bonchev–Trinajstić information content (AvgIpc) is 3.05. The van der Waals surface area contributed by atoms with Gasteiger partial charge in [0, 0.05) is 62.9 Å². The van der Waals surface area contributed by atoms with Crippen molar-refractivity contribution in [2.45, 2.75) is 31.8 Å². The maximum absolute atomic E-state index is 9.55. The molecule has 0 saturated carbocycles. The van der Waals surface area contributed by atoms with Crippen molar-refractivity contribution in [1.82, 2.24) is 20.2 Å². The van der Waals surface area contributed by atoms with E-state index in [1.165, 1.54) is 16.8 Å². The fourth-order valence-electron chi connectivity index (χ4n) is 4.06. The minimum atomic E-state index is 0.201. The lowest BCUT2D eigenvalue weighted by Crippen LogP contribution is -2.53. The second-order valence-electron chi connectivity index (χ2n) is 7.09. The summed E-state index contributed by atoms with van der Waals surface area (Å²) < 4.78 is 5.21. The van der Waals surface area contributed by atoms with Gasteiger partial charge in [-0.25, -0.2) is 9.97 Å². The standard InChI is InChI=1S/C19H27N5O2/c25-9-3-16-12-24(8-7-23(16)11-15-4-10-26-13-15)19-17-1-5-20-6-2-18(17)21-14-22-19/h4,10,13-14,16,20,25H,1-3,5-9,11-12H2. The van der Waals surface area contributed by atoms with Crippen molar-refractivity contribution in [1.29, 1.82) is 0 Å². The summed E-state index contributed by atoms with van der Waals surface area (Å²) in [5.74, 6) is 1.09. The lowest BCUT2D eigenvalue weighted by molar-refractivity contribution is 0.135. The number of furan rings is 1. The van der Waals surface area contributed by atoms with Crippen LogP contribution in [0.15, 0.2) is 29.3 Å². The van der Waals surface area contributed by atoms with Crippen LogP contribution in [0, 0.1) is 0 Å². The molecule has 4 heterocycles. The lowest BCUT2D eigenvalue weighted by Gasteiger charge is -2.42. The minimum absolute atomic E-state index is 0.201. The Kier molecular flexibility index (Phi) is 5.48. The number of aliphatic hydroxyl groups excluding tert-OH is 1. The van der Waals surface area contributed by atoms with Crippen molar-refractivity contribution in [2.75, 3.05) is 44.2 Å². The molecule has 1 unspecified atom stereocenters. The third-order valence-electron chi connectivity index (χ3n) is 5.43. The van der Waals surface area contributed by atoms with Gasteiger partial charge in [0.2, 0.25) is 0 Å². The van der Waals surface area contributed by atoms with E-state index in [-0.39, 0.29) is 6.61 Å². The molecule has 140 valence electrons. The monoisotopic (exact) mass is 357 g/mol. The maximum Gasteiger partial charge on any atom is 0.135 e. The topological polar surface area (TPSA) is 77.7 Å². The highest BCUT2D eigenvalue weighted by molar-refractivity contribution is 5.50. The second kappa shape index (κ2) is 8.16. The number of nitrogens with one attached hydrogen (secondary N) is 1. The van der Waals surface area contributed by atoms with Crippen LogP contribution in [0.2, 0.25) is 0 Å². The first-order valence-electron chi connectivity index (χ1n) is 9.49. The Bertz CT molecular complexity index is 706. The Balaban J connectivity index is 1.52. The zero-order valence-electron chi connectivity index (χ0n) is 15.1. The van der Waals surface area contributed by atoms with E-state index >= 15 is 0 Å². The summed E-state index contributed by atoms with van der Waals surface area (Å²) in [5.41, 5.74) is 3.66. The van der Waals surface area contributed by atoms with E-state index in [0.717, 1.165) is 64.3 Å². The van der Waals surface area contributed by atoms with Crippen molar-refractivity contribution in [2.24, 2.45) is 0 Å². The Labute approximate surface area is 154 Å². The predicted molar refractivity (Wildman–Crippen MR) is 99.1 cm³/mol. The number of hydrogen-bond donors (Lipinski definition) is 2. The van der Waals surface area contributed by atoms with Gasteiger partial charge in [-0.05, 0) is 25.5 Å². The van der Waals surface area contributed by atoms with E-state index in [4.69, 9.17) is 4.42 Å². The minimum Gasteiger partial charge on any atom is -0.472 e. The predicted octanol–water partition coefficient (Wildman–Crippen LogP) is 0.831. The van der Waals surface area contributed by atoms with Crippen molar-refractivity contribution in [3.05, 3.63) is 41.7 Å². The molecule has 2 aromatic rings. The van der Waals surface area contributed by atoms with Gasteiger partial charge in [-0.2, -0.15) is 0 Å². The number of hydrogen-bond acceptors (Lipinski definition) is 7. The highest BCUT2D eigenvalue weighted by atomic mass is 16.3. The summed E-state index contributed by atoms with van der Waals surface area (Å²) in [4.78, 5) is 14.0. The number of fused-ring (bicyclic) bond motifs is 1. The van der Waals surface area contributed by atoms with E-state index < -0.39 is 0 Å². The van der Waals surface area contributed by atoms with E-state index in [9.17, 15) is 5.11 Å². The third kappa shape index (κ3) is 3.75. The van der Waals surface area contributed by atoms with Gasteiger partial charge in [-0.15, -0.1) is 0 Å². The summed E-state index contributed by atoms with van der Waals surface area (Å²) in [7, 11) is 0. The summed E-state index contributed by atoms with van der Waals surface area (Å²) in [6.07, 6.45) is 7.94. The van der Waals surface area contributed by atoms with E-state index in [2.05, 4.69) is 25.1 Å². The largest absolute Gasteiger partial charge is 0.472 e. The van der Waals surface area contributed by atoms with Crippen LogP contribution in [-0.2, 0) is 19.4 Å². The van der Waals surface area contributed by atoms with Crippen LogP contribution in [0.1, 0.15) is 23.2 Å². The Morgan fingerprint density at radius 1 is 1.23 bits per heavy atom. The smallest absolute Gasteiger partial charge is 0.135 e. The molecule has 4 rings (SSSR count). The van der Waals surface area contributed by atoms with Crippen molar-refractivity contribution in [3.63, 3.8) is 0 Å². The molecule has 0 radical (unpaired) electrons. The molecule has 2 aliphatic rings. The molecule has 0 amide bonds. The number of nitrogens with zero attached hydrogens (tertiary/aromatic N) is 4. The number of anilines is 1. The molecule has 0 spiro atoms. The van der Waals surface area contributed by atoms with Gasteiger partial charge in [-0.3, -0.25) is 4.90 Å². The van der Waals surface area contributed by atoms with Crippen LogP contribution in [0.5, 0.6) is 0 Å². The molecule has 1 saturated heterocycles. The lowest BCUT2D eigenvalue weighted by atomic mass is 10.1. The molecule has 2 aliphatic heterocycles. The summed E-state index contributed by atoms with van der Waals surface area (Å²) in [6, 6.07) is 2.32. The van der Waals surface area contributed by atoms with E-state index in [1.807, 2.05) is 6.07 Å². The van der Waals surface area contributed by atoms with Gasteiger partial charge in [0.15, 0.2) is 0 Å². The summed E-state index contributed by atoms with van der Waals surface area (Å²) >= 11 is 0. The van der Waals surface area contributed by atoms with Gasteiger partial charge in [0.05, 0.1) is 18.2 Å². The molecule has 7 nitrogen and oxygen atoms in total. The highest BCUT2D eigenvalue weighted by Gasteiger charge is 2.29. The summed E-state index contributed by atoms with van der Waals surface area (Å²) in [5, 5.41) is 13.0. The van der Waals surface area contributed by atoms with Gasteiger partial charge in [0.25, 0.3) is 0 Å². The molecule has 0 bridgehead atoms. The molecule has 0 aromatic carbocycles. The zero-order valence-corrected chi connectivity index (χ0v) is 15.1. The average molecular weight is 357 g/mol. The van der Waals surface area contributed by atoms with Gasteiger partial charge >= 0.3 is 0 Å². The zero-order chi connectivity index (χ0) is 17.8. The highest BCUT2D eigenvalue weighted by Crippen LogP contribution is 2.26. The van der Waals surface area contributed by atoms with Gasteiger partial charge < -0.3 is 19.7 Å². The fraction of sp³-hybridized carbons (Fsp3) is 0.579. The molecule has 2 N–H and O–H groups in total. The Hall–Kier alpha value is -1.96. The second-order valence-corrected chi connectivity index (χ2v) is 7.09. The quantitative estimate of drug-likeness (QED) is 0.821. The van der Waals surface area contributed by atoms with E-state index in [0.29, 0.717) is 6.04 Å². The van der Waals surface area contributed by atoms with Crippen LogP contribution in [0.4, 0.5) is 5.82 Å². The SMILES string of the molecule is OCCC1CN(c2ncnc3c2CCNCC3)CCN1Cc1ccoc1. The molecular weight excluding hydrogens is 330 g/mol. The molecule has 0 aliphatic carbocycles. The normalized spacial score (nSPS) is 21.4. The fourth-order valence-corrected chi connectivity index (χ4v) is 4.06. The first-order chi connectivity index (χ1) is 12.8. The number of rotatable bonds is 5. The summed E-state index contributed by atoms with van der Waals surface area (Å²) in [6.45, 7) is 5.80. The number of aromatic nitrogens is 2. The van der Waals surface area contributed by atoms with E-state index in [1.54, 1.807) is 18.9 Å². The first-order valence-corrected chi connectivity index (χ1v) is 9.49. The number of aliphatic hydroxyl groups is 1. The van der Waals surface area contributed by atoms with Crippen LogP contribution in [-0.4, -0.2) is 65.3 Å². The van der Waals surface area contributed by atoms with Gasteiger partial charge in [0.1, 0.15) is 12.1 Å². The molecule has 26 heavy (non-hydrogen) atoms. The molecular formula is C19H27N5O2. The molecule has 1 fully saturated rings. The third-order valence-corrected chi connectivity index (χ3v) is 5.43. The van der Waals surface area contributed by atoms with Crippen molar-refractivity contribution >= 4 is 5.82 Å². The molecule has 2 aromatic heterocycles. The maximum atomic E-state index is 9.55. The van der Waals surface area contributed by atoms with Crippen LogP contribution >= 0.6 is 0 Å². The Morgan fingerprint density at radius 2 is 2.15 bits per heavy atom.